The molecule has 0 spiro atoms. The van der Waals surface area contributed by atoms with Gasteiger partial charge in [0, 0.05) is 50.2 Å². The maximum atomic E-state index is 12.2. The fourth-order valence-corrected chi connectivity index (χ4v) is 3.26. The molecule has 0 saturated carbocycles. The van der Waals surface area contributed by atoms with Gasteiger partial charge >= 0.3 is 6.18 Å². The lowest BCUT2D eigenvalue weighted by Gasteiger charge is -2.23. The topological polar surface area (TPSA) is 67.4 Å². The predicted octanol–water partition coefficient (Wildman–Crippen LogP) is 2.02. The Morgan fingerprint density at radius 2 is 2.08 bits per heavy atom. The molecule has 138 valence electrons. The van der Waals surface area contributed by atoms with Gasteiger partial charge in [-0.1, -0.05) is 0 Å². The standard InChI is InChI=1S/C16H21F3N4O2/c17-16(18,19)9-14(24)21-12-2-6-23(10-12)15-20-5-1-13(22-15)11-3-7-25-8-4-11/h1,5,11-12H,2-4,6-10H2,(H,21,24). The molecule has 1 aromatic heterocycles. The zero-order chi connectivity index (χ0) is 17.9. The molecular weight excluding hydrogens is 337 g/mol. The average molecular weight is 358 g/mol. The van der Waals surface area contributed by atoms with Gasteiger partial charge in [0.15, 0.2) is 0 Å². The number of rotatable bonds is 4. The number of alkyl halides is 3. The highest BCUT2D eigenvalue weighted by molar-refractivity contribution is 5.77. The molecule has 0 aliphatic carbocycles. The Kier molecular flexibility index (Phi) is 5.41. The first-order valence-electron chi connectivity index (χ1n) is 8.42. The monoisotopic (exact) mass is 358 g/mol. The summed E-state index contributed by atoms with van der Waals surface area (Å²) in [6.45, 7) is 2.47. The molecule has 9 heteroatoms. The number of ether oxygens (including phenoxy) is 1. The second kappa shape index (κ2) is 7.55. The number of hydrogen-bond acceptors (Lipinski definition) is 5. The van der Waals surface area contributed by atoms with E-state index in [0.717, 1.165) is 31.7 Å². The second-order valence-corrected chi connectivity index (χ2v) is 6.46. The van der Waals surface area contributed by atoms with Crippen LogP contribution in [0.5, 0.6) is 0 Å². The van der Waals surface area contributed by atoms with E-state index in [0.29, 0.717) is 31.4 Å². The number of carbonyl (C=O) groups is 1. The van der Waals surface area contributed by atoms with E-state index in [4.69, 9.17) is 4.74 Å². The quantitative estimate of drug-likeness (QED) is 0.892. The third-order valence-corrected chi connectivity index (χ3v) is 4.50. The smallest absolute Gasteiger partial charge is 0.381 e. The van der Waals surface area contributed by atoms with Gasteiger partial charge < -0.3 is 15.0 Å². The van der Waals surface area contributed by atoms with E-state index in [2.05, 4.69) is 15.3 Å². The maximum absolute atomic E-state index is 12.2. The number of anilines is 1. The van der Waals surface area contributed by atoms with Crippen LogP contribution in [0.25, 0.3) is 0 Å². The van der Waals surface area contributed by atoms with Gasteiger partial charge in [-0.25, -0.2) is 9.97 Å². The van der Waals surface area contributed by atoms with Gasteiger partial charge in [-0.05, 0) is 25.3 Å². The number of nitrogens with zero attached hydrogens (tertiary/aromatic N) is 3. The third kappa shape index (κ3) is 5.04. The Morgan fingerprint density at radius 1 is 1.32 bits per heavy atom. The van der Waals surface area contributed by atoms with Crippen LogP contribution >= 0.6 is 0 Å². The Hall–Kier alpha value is -1.90. The molecule has 3 rings (SSSR count). The lowest BCUT2D eigenvalue weighted by Crippen LogP contribution is -2.39. The number of halogens is 3. The Morgan fingerprint density at radius 3 is 2.80 bits per heavy atom. The molecule has 2 aliphatic rings. The van der Waals surface area contributed by atoms with Crippen LogP contribution in [0, 0.1) is 0 Å². The van der Waals surface area contributed by atoms with Crippen LogP contribution in [0.2, 0.25) is 0 Å². The van der Waals surface area contributed by atoms with Crippen molar-refractivity contribution in [1.29, 1.82) is 0 Å². The Bertz CT molecular complexity index is 605. The molecule has 2 saturated heterocycles. The minimum Gasteiger partial charge on any atom is -0.381 e. The van der Waals surface area contributed by atoms with E-state index in [1.807, 2.05) is 11.0 Å². The SMILES string of the molecule is O=C(CC(F)(F)F)NC1CCN(c2nccc(C3CCOCC3)n2)C1. The zero-order valence-electron chi connectivity index (χ0n) is 13.8. The summed E-state index contributed by atoms with van der Waals surface area (Å²) in [6.07, 6.45) is -1.79. The summed E-state index contributed by atoms with van der Waals surface area (Å²) in [6, 6.07) is 1.59. The van der Waals surface area contributed by atoms with E-state index in [9.17, 15) is 18.0 Å². The summed E-state index contributed by atoms with van der Waals surface area (Å²) in [5, 5.41) is 2.44. The van der Waals surface area contributed by atoms with Crippen LogP contribution in [0.15, 0.2) is 12.3 Å². The van der Waals surface area contributed by atoms with Gasteiger partial charge in [-0.2, -0.15) is 13.2 Å². The van der Waals surface area contributed by atoms with E-state index in [-0.39, 0.29) is 6.04 Å². The average Bonchev–Trinajstić information content (AvgIpc) is 3.02. The number of hydrogen-bond donors (Lipinski definition) is 1. The van der Waals surface area contributed by atoms with Crippen molar-refractivity contribution in [3.63, 3.8) is 0 Å². The second-order valence-electron chi connectivity index (χ2n) is 6.46. The molecule has 6 nitrogen and oxygen atoms in total. The molecular formula is C16H21F3N4O2. The van der Waals surface area contributed by atoms with Crippen LogP contribution < -0.4 is 10.2 Å². The van der Waals surface area contributed by atoms with Gasteiger partial charge in [0.25, 0.3) is 0 Å². The normalized spacial score (nSPS) is 22.2. The van der Waals surface area contributed by atoms with Crippen molar-refractivity contribution >= 4 is 11.9 Å². The minimum atomic E-state index is -4.48. The molecule has 1 amide bonds. The zero-order valence-corrected chi connectivity index (χ0v) is 13.8. The van der Waals surface area contributed by atoms with Crippen LogP contribution in [-0.2, 0) is 9.53 Å². The Balaban J connectivity index is 1.57. The van der Waals surface area contributed by atoms with Crippen molar-refractivity contribution in [2.75, 3.05) is 31.2 Å². The highest BCUT2D eigenvalue weighted by atomic mass is 19.4. The number of amides is 1. The fraction of sp³-hybridized carbons (Fsp3) is 0.688. The van der Waals surface area contributed by atoms with Crippen LogP contribution in [0.3, 0.4) is 0 Å². The largest absolute Gasteiger partial charge is 0.397 e. The molecule has 1 aromatic rings. The summed E-state index contributed by atoms with van der Waals surface area (Å²) < 4.78 is 42.1. The van der Waals surface area contributed by atoms with Gasteiger partial charge in [-0.15, -0.1) is 0 Å². The lowest BCUT2D eigenvalue weighted by molar-refractivity contribution is -0.154. The molecule has 25 heavy (non-hydrogen) atoms. The number of carbonyl (C=O) groups excluding carboxylic acids is 1. The van der Waals surface area contributed by atoms with E-state index < -0.39 is 18.5 Å². The summed E-state index contributed by atoms with van der Waals surface area (Å²) in [7, 11) is 0. The van der Waals surface area contributed by atoms with Crippen molar-refractivity contribution in [1.82, 2.24) is 15.3 Å². The summed E-state index contributed by atoms with van der Waals surface area (Å²) in [4.78, 5) is 22.2. The Labute approximate surface area is 143 Å². The van der Waals surface area contributed by atoms with Crippen molar-refractivity contribution in [3.05, 3.63) is 18.0 Å². The van der Waals surface area contributed by atoms with Crippen molar-refractivity contribution in [2.24, 2.45) is 0 Å². The highest BCUT2D eigenvalue weighted by Gasteiger charge is 2.33. The molecule has 0 bridgehead atoms. The molecule has 1 unspecified atom stereocenters. The number of aromatic nitrogens is 2. The lowest BCUT2D eigenvalue weighted by atomic mass is 9.96. The minimum absolute atomic E-state index is 0.315. The fourth-order valence-electron chi connectivity index (χ4n) is 3.26. The molecule has 0 radical (unpaired) electrons. The molecule has 0 aromatic carbocycles. The third-order valence-electron chi connectivity index (χ3n) is 4.50. The first-order valence-corrected chi connectivity index (χ1v) is 8.42. The molecule has 1 atom stereocenters. The van der Waals surface area contributed by atoms with Gasteiger partial charge in [0.1, 0.15) is 6.42 Å². The van der Waals surface area contributed by atoms with Gasteiger partial charge in [0.2, 0.25) is 11.9 Å². The first-order chi connectivity index (χ1) is 11.9. The molecule has 2 aliphatic heterocycles. The van der Waals surface area contributed by atoms with Crippen LogP contribution in [0.1, 0.15) is 37.3 Å². The predicted molar refractivity (Wildman–Crippen MR) is 84.3 cm³/mol. The van der Waals surface area contributed by atoms with Crippen LogP contribution in [-0.4, -0.2) is 54.4 Å². The molecule has 3 heterocycles. The highest BCUT2D eigenvalue weighted by Crippen LogP contribution is 2.27. The van der Waals surface area contributed by atoms with Gasteiger partial charge in [0.05, 0.1) is 0 Å². The van der Waals surface area contributed by atoms with Crippen molar-refractivity contribution in [2.45, 2.75) is 43.8 Å². The number of nitrogens with one attached hydrogen (secondary N) is 1. The van der Waals surface area contributed by atoms with E-state index in [1.165, 1.54) is 0 Å². The van der Waals surface area contributed by atoms with Gasteiger partial charge in [-0.3, -0.25) is 4.79 Å². The first kappa shape index (κ1) is 17.9. The summed E-state index contributed by atoms with van der Waals surface area (Å²) >= 11 is 0. The molecule has 1 N–H and O–H groups in total. The van der Waals surface area contributed by atoms with E-state index in [1.54, 1.807) is 6.20 Å². The van der Waals surface area contributed by atoms with E-state index >= 15 is 0 Å². The van der Waals surface area contributed by atoms with Crippen molar-refractivity contribution in [3.8, 4) is 0 Å². The summed E-state index contributed by atoms with van der Waals surface area (Å²) in [5.74, 6) is -0.0758. The maximum Gasteiger partial charge on any atom is 0.397 e. The van der Waals surface area contributed by atoms with Crippen molar-refractivity contribution < 1.29 is 22.7 Å². The summed E-state index contributed by atoms with van der Waals surface area (Å²) in [5.41, 5.74) is 0.970. The van der Waals surface area contributed by atoms with Crippen LogP contribution in [0.4, 0.5) is 19.1 Å². The molecule has 2 fully saturated rings.